The van der Waals surface area contributed by atoms with E-state index in [0.717, 1.165) is 9.26 Å². The zero-order chi connectivity index (χ0) is 19.7. The van der Waals surface area contributed by atoms with E-state index in [1.54, 1.807) is 12.1 Å². The standard InChI is InChI=1S/C19H17IN2O4S2/c20-13-5-4-6-14(9-13)22-16-11-28(24,25)12-17(16)27-19(22)21-18(23)10-26-15-7-2-1-3-8-15/h1-9,16-17H,10-12H2/t16-,17+/m0/s1. The monoisotopic (exact) mass is 528 g/mol. The lowest BCUT2D eigenvalue weighted by molar-refractivity contribution is -0.119. The van der Waals surface area contributed by atoms with E-state index in [1.165, 1.54) is 11.8 Å². The van der Waals surface area contributed by atoms with Crippen LogP contribution in [0, 0.1) is 3.57 Å². The number of benzene rings is 2. The van der Waals surface area contributed by atoms with E-state index in [0.29, 0.717) is 10.9 Å². The second-order valence-corrected chi connectivity index (χ2v) is 11.1. The highest BCUT2D eigenvalue weighted by molar-refractivity contribution is 14.1. The number of carbonyl (C=O) groups is 1. The van der Waals surface area contributed by atoms with Crippen LogP contribution in [0.5, 0.6) is 5.75 Å². The van der Waals surface area contributed by atoms with Gasteiger partial charge in [-0.25, -0.2) is 8.42 Å². The van der Waals surface area contributed by atoms with E-state index in [1.807, 2.05) is 47.4 Å². The Hall–Kier alpha value is -1.59. The minimum absolute atomic E-state index is 0.0733. The van der Waals surface area contributed by atoms with Crippen molar-refractivity contribution in [1.82, 2.24) is 0 Å². The molecule has 0 radical (unpaired) electrons. The normalized spacial score (nSPS) is 24.3. The van der Waals surface area contributed by atoms with Crippen molar-refractivity contribution >= 4 is 61.0 Å². The number of halogens is 1. The molecule has 28 heavy (non-hydrogen) atoms. The van der Waals surface area contributed by atoms with Crippen molar-refractivity contribution in [2.75, 3.05) is 23.0 Å². The van der Waals surface area contributed by atoms with Gasteiger partial charge in [-0.3, -0.25) is 4.79 Å². The van der Waals surface area contributed by atoms with Gasteiger partial charge in [-0.15, -0.1) is 0 Å². The molecular weight excluding hydrogens is 511 g/mol. The van der Waals surface area contributed by atoms with Gasteiger partial charge in [0.15, 0.2) is 21.6 Å². The van der Waals surface area contributed by atoms with Crippen LogP contribution in [-0.4, -0.2) is 48.9 Å². The Balaban J connectivity index is 1.58. The number of hydrogen-bond donors (Lipinski definition) is 0. The Morgan fingerprint density at radius 3 is 2.71 bits per heavy atom. The Labute approximate surface area is 181 Å². The van der Waals surface area contributed by atoms with Gasteiger partial charge in [0.25, 0.3) is 5.91 Å². The summed E-state index contributed by atoms with van der Waals surface area (Å²) in [5.41, 5.74) is 0.847. The molecule has 2 heterocycles. The Bertz CT molecular complexity index is 1030. The van der Waals surface area contributed by atoms with Crippen molar-refractivity contribution < 1.29 is 17.9 Å². The summed E-state index contributed by atoms with van der Waals surface area (Å²) in [6.45, 7) is -0.165. The van der Waals surface area contributed by atoms with Gasteiger partial charge in [0.1, 0.15) is 5.75 Å². The lowest BCUT2D eigenvalue weighted by Crippen LogP contribution is -2.37. The first-order valence-electron chi connectivity index (χ1n) is 8.62. The van der Waals surface area contributed by atoms with E-state index < -0.39 is 15.7 Å². The van der Waals surface area contributed by atoms with E-state index in [4.69, 9.17) is 4.74 Å². The number of sulfone groups is 1. The van der Waals surface area contributed by atoms with E-state index in [2.05, 4.69) is 27.6 Å². The van der Waals surface area contributed by atoms with Gasteiger partial charge in [0.05, 0.1) is 17.5 Å². The van der Waals surface area contributed by atoms with Gasteiger partial charge in [-0.1, -0.05) is 36.0 Å². The molecule has 2 saturated heterocycles. The van der Waals surface area contributed by atoms with Crippen LogP contribution in [0.15, 0.2) is 59.6 Å². The Morgan fingerprint density at radius 1 is 1.18 bits per heavy atom. The smallest absolute Gasteiger partial charge is 0.285 e. The molecule has 9 heteroatoms. The van der Waals surface area contributed by atoms with Crippen molar-refractivity contribution in [2.24, 2.45) is 4.99 Å². The Kier molecular flexibility index (Phi) is 5.66. The van der Waals surface area contributed by atoms with Gasteiger partial charge < -0.3 is 9.64 Å². The molecule has 1 amide bonds. The first-order valence-corrected chi connectivity index (χ1v) is 12.4. The number of aliphatic imine (C=N–C) groups is 1. The highest BCUT2D eigenvalue weighted by atomic mass is 127. The number of amides is 1. The molecule has 4 rings (SSSR count). The van der Waals surface area contributed by atoms with Crippen molar-refractivity contribution in [2.45, 2.75) is 11.3 Å². The summed E-state index contributed by atoms with van der Waals surface area (Å²) < 4.78 is 30.7. The fourth-order valence-electron chi connectivity index (χ4n) is 3.29. The lowest BCUT2D eigenvalue weighted by Gasteiger charge is -2.24. The molecule has 0 spiro atoms. The highest BCUT2D eigenvalue weighted by Crippen LogP contribution is 2.41. The fourth-order valence-corrected chi connectivity index (χ4v) is 7.75. The molecule has 0 N–H and O–H groups in total. The molecule has 2 aromatic carbocycles. The average Bonchev–Trinajstić information content (AvgIpc) is 3.11. The third-order valence-corrected chi connectivity index (χ3v) is 8.36. The summed E-state index contributed by atoms with van der Waals surface area (Å²) in [7, 11) is -3.08. The first kappa shape index (κ1) is 19.7. The number of anilines is 1. The van der Waals surface area contributed by atoms with Crippen LogP contribution >= 0.6 is 34.4 Å². The average molecular weight is 528 g/mol. The molecule has 0 bridgehead atoms. The SMILES string of the molecule is O=C(COc1ccccc1)N=C1S[C@@H]2CS(=O)(=O)C[C@@H]2N1c1cccc(I)c1. The molecular formula is C19H17IN2O4S2. The predicted octanol–water partition coefficient (Wildman–Crippen LogP) is 2.97. The van der Waals surface area contributed by atoms with Crippen LogP contribution in [0.1, 0.15) is 0 Å². The number of thioether (sulfide) groups is 1. The second kappa shape index (κ2) is 8.03. The number of rotatable bonds is 4. The number of amidine groups is 1. The van der Waals surface area contributed by atoms with Gasteiger partial charge in [-0.05, 0) is 52.9 Å². The summed E-state index contributed by atoms with van der Waals surface area (Å²) >= 11 is 3.57. The largest absolute Gasteiger partial charge is 0.484 e. The zero-order valence-corrected chi connectivity index (χ0v) is 18.5. The molecule has 2 atom stereocenters. The van der Waals surface area contributed by atoms with Gasteiger partial charge in [-0.2, -0.15) is 4.99 Å². The molecule has 0 aliphatic carbocycles. The maximum absolute atomic E-state index is 12.4. The third-order valence-electron chi connectivity index (χ3n) is 4.48. The number of carbonyl (C=O) groups excluding carboxylic acids is 1. The zero-order valence-electron chi connectivity index (χ0n) is 14.7. The molecule has 0 unspecified atom stereocenters. The first-order chi connectivity index (χ1) is 13.4. The number of ether oxygens (including phenoxy) is 1. The van der Waals surface area contributed by atoms with Crippen LogP contribution in [-0.2, 0) is 14.6 Å². The summed E-state index contributed by atoms with van der Waals surface area (Å²) in [6, 6.07) is 16.6. The summed E-state index contributed by atoms with van der Waals surface area (Å²) in [5, 5.41) is 0.415. The second-order valence-electron chi connectivity index (χ2n) is 6.54. The van der Waals surface area contributed by atoms with E-state index >= 15 is 0 Å². The predicted molar refractivity (Wildman–Crippen MR) is 120 cm³/mol. The number of para-hydroxylation sites is 1. The molecule has 2 fully saturated rings. The molecule has 0 saturated carbocycles. The van der Waals surface area contributed by atoms with Crippen LogP contribution < -0.4 is 9.64 Å². The van der Waals surface area contributed by atoms with Crippen LogP contribution in [0.4, 0.5) is 5.69 Å². The van der Waals surface area contributed by atoms with Gasteiger partial charge in [0, 0.05) is 14.5 Å². The summed E-state index contributed by atoms with van der Waals surface area (Å²) in [5.74, 6) is 0.387. The van der Waals surface area contributed by atoms with Gasteiger partial charge in [0.2, 0.25) is 0 Å². The summed E-state index contributed by atoms with van der Waals surface area (Å²) in [6.07, 6.45) is 0. The molecule has 2 aliphatic rings. The number of nitrogens with zero attached hydrogens (tertiary/aromatic N) is 2. The summed E-state index contributed by atoms with van der Waals surface area (Å²) in [4.78, 5) is 18.5. The maximum Gasteiger partial charge on any atom is 0.285 e. The maximum atomic E-state index is 12.4. The highest BCUT2D eigenvalue weighted by Gasteiger charge is 2.49. The number of hydrogen-bond acceptors (Lipinski definition) is 5. The van der Waals surface area contributed by atoms with Crippen molar-refractivity contribution in [1.29, 1.82) is 0 Å². The van der Waals surface area contributed by atoms with E-state index in [9.17, 15) is 13.2 Å². The van der Waals surface area contributed by atoms with Crippen molar-refractivity contribution in [3.05, 3.63) is 58.2 Å². The van der Waals surface area contributed by atoms with E-state index in [-0.39, 0.29) is 29.4 Å². The minimum Gasteiger partial charge on any atom is -0.484 e. The molecule has 0 aromatic heterocycles. The molecule has 2 aromatic rings. The molecule has 6 nitrogen and oxygen atoms in total. The molecule has 2 aliphatic heterocycles. The van der Waals surface area contributed by atoms with Crippen LogP contribution in [0.25, 0.3) is 0 Å². The van der Waals surface area contributed by atoms with Crippen molar-refractivity contribution in [3.8, 4) is 5.75 Å². The van der Waals surface area contributed by atoms with Crippen molar-refractivity contribution in [3.63, 3.8) is 0 Å². The van der Waals surface area contributed by atoms with Crippen LogP contribution in [0.2, 0.25) is 0 Å². The number of fused-ring (bicyclic) bond motifs is 1. The van der Waals surface area contributed by atoms with Gasteiger partial charge >= 0.3 is 0 Å². The lowest BCUT2D eigenvalue weighted by atomic mass is 10.2. The fraction of sp³-hybridized carbons (Fsp3) is 0.263. The third kappa shape index (κ3) is 4.36. The Morgan fingerprint density at radius 2 is 1.96 bits per heavy atom. The minimum atomic E-state index is -3.08. The quantitative estimate of drug-likeness (QED) is 0.569. The molecule has 146 valence electrons. The van der Waals surface area contributed by atoms with Crippen LogP contribution in [0.3, 0.4) is 0 Å². The topological polar surface area (TPSA) is 76.0 Å².